The fraction of sp³-hybridized carbons (Fsp3) is 0.333. The lowest BCUT2D eigenvalue weighted by molar-refractivity contribution is -0.114. The van der Waals surface area contributed by atoms with E-state index in [1.807, 2.05) is 6.92 Å². The van der Waals surface area contributed by atoms with Crippen LogP contribution in [0.5, 0.6) is 0 Å². The van der Waals surface area contributed by atoms with E-state index in [9.17, 15) is 18.4 Å². The smallest absolute Gasteiger partial charge is 0.248 e. The lowest BCUT2D eigenvalue weighted by atomic mass is 10.2. The molecule has 2 N–H and O–H groups in total. The van der Waals surface area contributed by atoms with E-state index in [0.29, 0.717) is 12.0 Å². The van der Waals surface area contributed by atoms with Crippen LogP contribution >= 0.6 is 0 Å². The van der Waals surface area contributed by atoms with Gasteiger partial charge in [-0.25, -0.2) is 8.78 Å². The second kappa shape index (κ2) is 6.03. The zero-order valence-electron chi connectivity index (χ0n) is 11.8. The van der Waals surface area contributed by atoms with Gasteiger partial charge in [-0.15, -0.1) is 0 Å². The largest absolute Gasteiger partial charge is 0.324 e. The molecule has 1 aliphatic rings. The van der Waals surface area contributed by atoms with Gasteiger partial charge < -0.3 is 10.6 Å². The van der Waals surface area contributed by atoms with Crippen molar-refractivity contribution >= 4 is 23.2 Å². The Hall–Kier alpha value is -2.24. The highest BCUT2D eigenvalue weighted by molar-refractivity contribution is 6.00. The van der Waals surface area contributed by atoms with Crippen LogP contribution in [0, 0.1) is 17.6 Å². The third kappa shape index (κ3) is 4.11. The Bertz CT molecular complexity index is 622. The van der Waals surface area contributed by atoms with Gasteiger partial charge in [-0.3, -0.25) is 9.59 Å². The predicted molar refractivity (Wildman–Crippen MR) is 75.8 cm³/mol. The van der Waals surface area contributed by atoms with Crippen molar-refractivity contribution in [3.63, 3.8) is 0 Å². The molecule has 0 saturated heterocycles. The van der Waals surface area contributed by atoms with Gasteiger partial charge in [-0.05, 0) is 31.7 Å². The first-order valence-electron chi connectivity index (χ1n) is 6.62. The fourth-order valence-electron chi connectivity index (χ4n) is 1.96. The fourth-order valence-corrected chi connectivity index (χ4v) is 1.96. The Balaban J connectivity index is 2.16. The average Bonchev–Trinajstić information content (AvgIpc) is 3.18. The molecule has 0 spiro atoms. The van der Waals surface area contributed by atoms with Crippen molar-refractivity contribution in [3.05, 3.63) is 35.4 Å². The Morgan fingerprint density at radius 3 is 2.19 bits per heavy atom. The van der Waals surface area contributed by atoms with E-state index in [1.54, 1.807) is 0 Å². The van der Waals surface area contributed by atoms with Crippen molar-refractivity contribution in [2.45, 2.75) is 26.7 Å². The van der Waals surface area contributed by atoms with E-state index >= 15 is 0 Å². The predicted octanol–water partition coefficient (Wildman–Crippen LogP) is 3.22. The number of rotatable bonds is 4. The van der Waals surface area contributed by atoms with E-state index in [-0.39, 0.29) is 11.4 Å². The van der Waals surface area contributed by atoms with E-state index in [1.165, 1.54) is 13.0 Å². The molecule has 0 aliphatic heterocycles. The van der Waals surface area contributed by atoms with Gasteiger partial charge in [0.2, 0.25) is 11.8 Å². The summed E-state index contributed by atoms with van der Waals surface area (Å²) in [7, 11) is 0. The summed E-state index contributed by atoms with van der Waals surface area (Å²) in [5.41, 5.74) is 0.587. The van der Waals surface area contributed by atoms with Crippen molar-refractivity contribution in [1.29, 1.82) is 0 Å². The van der Waals surface area contributed by atoms with Crippen molar-refractivity contribution in [2.24, 2.45) is 5.92 Å². The number of nitrogens with one attached hydrogen (secondary N) is 2. The number of anilines is 2. The SMILES string of the molecule is CC(=O)Nc1cc(NC(=O)/C=C(\C)C2CC2)c(F)cc1F. The van der Waals surface area contributed by atoms with Crippen LogP contribution in [0.2, 0.25) is 0 Å². The summed E-state index contributed by atoms with van der Waals surface area (Å²) in [6.45, 7) is 3.06. The van der Waals surface area contributed by atoms with Crippen molar-refractivity contribution in [2.75, 3.05) is 10.6 Å². The standard InChI is InChI=1S/C15H16F2N2O2/c1-8(10-3-4-10)5-15(21)19-14-7-13(18-9(2)20)11(16)6-12(14)17/h5-7,10H,3-4H2,1-2H3,(H,18,20)(H,19,21)/b8-5+. The molecule has 4 nitrogen and oxygen atoms in total. The number of hydrogen-bond donors (Lipinski definition) is 2. The quantitative estimate of drug-likeness (QED) is 0.838. The van der Waals surface area contributed by atoms with Gasteiger partial charge in [0.25, 0.3) is 0 Å². The van der Waals surface area contributed by atoms with Gasteiger partial charge in [0.05, 0.1) is 11.4 Å². The molecule has 0 aromatic heterocycles. The number of halogens is 2. The second-order valence-electron chi connectivity index (χ2n) is 5.14. The van der Waals surface area contributed by atoms with E-state index in [2.05, 4.69) is 10.6 Å². The van der Waals surface area contributed by atoms with Gasteiger partial charge in [-0.2, -0.15) is 0 Å². The van der Waals surface area contributed by atoms with Crippen LogP contribution in [0.1, 0.15) is 26.7 Å². The molecule has 1 saturated carbocycles. The minimum Gasteiger partial charge on any atom is -0.324 e. The summed E-state index contributed by atoms with van der Waals surface area (Å²) >= 11 is 0. The topological polar surface area (TPSA) is 58.2 Å². The first kappa shape index (κ1) is 15.2. The lowest BCUT2D eigenvalue weighted by Gasteiger charge is -2.09. The Labute approximate surface area is 121 Å². The highest BCUT2D eigenvalue weighted by Crippen LogP contribution is 2.36. The molecular formula is C15H16F2N2O2. The summed E-state index contributed by atoms with van der Waals surface area (Å²) < 4.78 is 27.1. The number of carbonyl (C=O) groups is 2. The summed E-state index contributed by atoms with van der Waals surface area (Å²) in [6.07, 6.45) is 3.54. The molecule has 1 aromatic rings. The van der Waals surface area contributed by atoms with E-state index < -0.39 is 23.4 Å². The summed E-state index contributed by atoms with van der Waals surface area (Å²) in [6, 6.07) is 1.68. The molecule has 0 unspecified atom stereocenters. The molecule has 0 radical (unpaired) electrons. The second-order valence-corrected chi connectivity index (χ2v) is 5.14. The number of allylic oxidation sites excluding steroid dienone is 1. The van der Waals surface area contributed by atoms with Crippen LogP contribution in [0.25, 0.3) is 0 Å². The maximum Gasteiger partial charge on any atom is 0.248 e. The number of hydrogen-bond acceptors (Lipinski definition) is 2. The highest BCUT2D eigenvalue weighted by Gasteiger charge is 2.23. The van der Waals surface area contributed by atoms with Gasteiger partial charge in [-0.1, -0.05) is 5.57 Å². The van der Waals surface area contributed by atoms with Crippen LogP contribution in [0.4, 0.5) is 20.2 Å². The molecule has 112 valence electrons. The van der Waals surface area contributed by atoms with Crippen molar-refractivity contribution in [3.8, 4) is 0 Å². The van der Waals surface area contributed by atoms with Crippen molar-refractivity contribution in [1.82, 2.24) is 0 Å². The molecule has 0 bridgehead atoms. The summed E-state index contributed by atoms with van der Waals surface area (Å²) in [5, 5.41) is 4.59. The molecule has 2 rings (SSSR count). The molecule has 6 heteroatoms. The number of carbonyl (C=O) groups excluding carboxylic acids is 2. The van der Waals surface area contributed by atoms with E-state index in [4.69, 9.17) is 0 Å². The highest BCUT2D eigenvalue weighted by atomic mass is 19.1. The molecule has 0 heterocycles. The van der Waals surface area contributed by atoms with Crippen LogP contribution in [0.15, 0.2) is 23.8 Å². The zero-order valence-corrected chi connectivity index (χ0v) is 11.8. The number of amides is 2. The summed E-state index contributed by atoms with van der Waals surface area (Å²) in [5.74, 6) is -2.32. The van der Waals surface area contributed by atoms with Gasteiger partial charge >= 0.3 is 0 Å². The van der Waals surface area contributed by atoms with Gasteiger partial charge in [0.15, 0.2) is 0 Å². The van der Waals surface area contributed by atoms with Crippen LogP contribution in [-0.4, -0.2) is 11.8 Å². The normalized spacial score (nSPS) is 14.8. The minimum absolute atomic E-state index is 0.176. The molecule has 1 aliphatic carbocycles. The van der Waals surface area contributed by atoms with E-state index in [0.717, 1.165) is 24.5 Å². The molecule has 21 heavy (non-hydrogen) atoms. The van der Waals surface area contributed by atoms with Crippen molar-refractivity contribution < 1.29 is 18.4 Å². The molecule has 2 amide bonds. The molecule has 0 atom stereocenters. The minimum atomic E-state index is -0.898. The average molecular weight is 294 g/mol. The third-order valence-corrected chi connectivity index (χ3v) is 3.21. The van der Waals surface area contributed by atoms with Crippen LogP contribution < -0.4 is 10.6 Å². The van der Waals surface area contributed by atoms with Crippen LogP contribution in [0.3, 0.4) is 0 Å². The third-order valence-electron chi connectivity index (χ3n) is 3.21. The Morgan fingerprint density at radius 1 is 1.10 bits per heavy atom. The van der Waals surface area contributed by atoms with Gasteiger partial charge in [0, 0.05) is 19.1 Å². The number of benzene rings is 1. The molecule has 1 aromatic carbocycles. The van der Waals surface area contributed by atoms with Gasteiger partial charge in [0.1, 0.15) is 11.6 Å². The first-order valence-corrected chi connectivity index (χ1v) is 6.62. The summed E-state index contributed by atoms with van der Waals surface area (Å²) in [4.78, 5) is 22.7. The van der Waals surface area contributed by atoms with Crippen LogP contribution in [-0.2, 0) is 9.59 Å². The lowest BCUT2D eigenvalue weighted by Crippen LogP contribution is -2.13. The Morgan fingerprint density at radius 2 is 1.67 bits per heavy atom. The monoisotopic (exact) mass is 294 g/mol. The molecule has 1 fully saturated rings. The first-order chi connectivity index (χ1) is 9.86. The Kier molecular flexibility index (Phi) is 4.35. The maximum absolute atomic E-state index is 13.6. The zero-order chi connectivity index (χ0) is 15.6. The maximum atomic E-state index is 13.6. The molecular weight excluding hydrogens is 278 g/mol.